The van der Waals surface area contributed by atoms with E-state index in [1.165, 1.54) is 24.7 Å². The van der Waals surface area contributed by atoms with Gasteiger partial charge in [-0.15, -0.1) is 0 Å². The maximum Gasteiger partial charge on any atom is 0.261 e. The van der Waals surface area contributed by atoms with Crippen LogP contribution in [0.2, 0.25) is 5.02 Å². The van der Waals surface area contributed by atoms with Crippen molar-refractivity contribution in [2.75, 3.05) is 48.8 Å². The third-order valence-electron chi connectivity index (χ3n) is 6.43. The molecule has 10 heteroatoms. The number of anilines is 4. The van der Waals surface area contributed by atoms with Crippen molar-refractivity contribution in [3.05, 3.63) is 101 Å². The summed E-state index contributed by atoms with van der Waals surface area (Å²) < 4.78 is 19.2. The Morgan fingerprint density at radius 2 is 1.79 bits per heavy atom. The molecule has 5 rings (SSSR count). The number of hydrogen-bond acceptors (Lipinski definition) is 7. The molecule has 1 aliphatic rings. The molecule has 1 aromatic heterocycles. The zero-order valence-electron chi connectivity index (χ0n) is 21.4. The molecule has 1 aliphatic heterocycles. The van der Waals surface area contributed by atoms with Gasteiger partial charge in [0.25, 0.3) is 5.91 Å². The van der Waals surface area contributed by atoms with Crippen molar-refractivity contribution >= 4 is 40.4 Å². The summed E-state index contributed by atoms with van der Waals surface area (Å²) in [6, 6.07) is 19.1. The SMILES string of the molecule is CN1CCN(c2ccc(NC(=O)c3cncnc3Nc3ccc(OCc4cccc(F)c4)c(Cl)c3)cc2)CC1. The Hall–Kier alpha value is -4.21. The maximum atomic E-state index is 13.4. The first-order valence-electron chi connectivity index (χ1n) is 12.5. The fourth-order valence-electron chi connectivity index (χ4n) is 4.23. The lowest BCUT2D eigenvalue weighted by Crippen LogP contribution is -2.44. The summed E-state index contributed by atoms with van der Waals surface area (Å²) in [7, 11) is 2.13. The molecule has 0 unspecified atom stereocenters. The van der Waals surface area contributed by atoms with Crippen molar-refractivity contribution in [1.29, 1.82) is 0 Å². The van der Waals surface area contributed by atoms with Gasteiger partial charge < -0.3 is 25.2 Å². The second kappa shape index (κ2) is 12.1. The highest BCUT2D eigenvalue weighted by Gasteiger charge is 2.16. The highest BCUT2D eigenvalue weighted by atomic mass is 35.5. The van der Waals surface area contributed by atoms with Gasteiger partial charge in [-0.05, 0) is 67.2 Å². The minimum absolute atomic E-state index is 0.177. The molecule has 2 heterocycles. The number of rotatable bonds is 8. The van der Waals surface area contributed by atoms with Crippen LogP contribution < -0.4 is 20.3 Å². The number of halogens is 2. The number of piperazine rings is 1. The van der Waals surface area contributed by atoms with Crippen LogP contribution in [-0.2, 0) is 6.61 Å². The number of nitrogens with zero attached hydrogens (tertiary/aromatic N) is 4. The zero-order chi connectivity index (χ0) is 27.2. The van der Waals surface area contributed by atoms with Gasteiger partial charge in [-0.3, -0.25) is 4.79 Å². The Morgan fingerprint density at radius 1 is 1.03 bits per heavy atom. The predicted octanol–water partition coefficient (Wildman–Crippen LogP) is 5.60. The molecule has 0 atom stereocenters. The second-order valence-corrected chi connectivity index (χ2v) is 9.67. The average molecular weight is 547 g/mol. The van der Waals surface area contributed by atoms with Crippen molar-refractivity contribution < 1.29 is 13.9 Å². The molecule has 4 aromatic rings. The van der Waals surface area contributed by atoms with Crippen molar-refractivity contribution in [2.24, 2.45) is 0 Å². The van der Waals surface area contributed by atoms with Crippen molar-refractivity contribution in [3.63, 3.8) is 0 Å². The Morgan fingerprint density at radius 3 is 2.54 bits per heavy atom. The molecule has 2 N–H and O–H groups in total. The zero-order valence-corrected chi connectivity index (χ0v) is 22.2. The molecule has 8 nitrogen and oxygen atoms in total. The second-order valence-electron chi connectivity index (χ2n) is 9.27. The smallest absolute Gasteiger partial charge is 0.261 e. The van der Waals surface area contributed by atoms with Gasteiger partial charge in [-0.1, -0.05) is 23.7 Å². The standard InChI is InChI=1S/C29H28ClFN6O2/c1-36-11-13-37(14-12-36)24-8-5-22(6-9-24)35-29(38)25-17-32-19-33-28(25)34-23-7-10-27(26(30)16-23)39-18-20-3-2-4-21(31)15-20/h2-10,15-17,19H,11-14,18H2,1H3,(H,35,38)(H,32,33,34). The van der Waals surface area contributed by atoms with Gasteiger partial charge in [-0.2, -0.15) is 0 Å². The third-order valence-corrected chi connectivity index (χ3v) is 6.72. The Balaban J connectivity index is 1.23. The van der Waals surface area contributed by atoms with Crippen LogP contribution >= 0.6 is 11.6 Å². The number of ether oxygens (including phenoxy) is 1. The predicted molar refractivity (Wildman–Crippen MR) is 152 cm³/mol. The number of carbonyl (C=O) groups excluding carboxylic acids is 1. The van der Waals surface area contributed by atoms with Gasteiger partial charge >= 0.3 is 0 Å². The summed E-state index contributed by atoms with van der Waals surface area (Å²) in [4.78, 5) is 26.0. The van der Waals surface area contributed by atoms with E-state index in [-0.39, 0.29) is 23.9 Å². The summed E-state index contributed by atoms with van der Waals surface area (Å²) in [6.07, 6.45) is 2.82. The fraction of sp³-hybridized carbons (Fsp3) is 0.207. The summed E-state index contributed by atoms with van der Waals surface area (Å²) in [5.74, 6) is 0.119. The highest BCUT2D eigenvalue weighted by Crippen LogP contribution is 2.30. The Bertz CT molecular complexity index is 1440. The van der Waals surface area contributed by atoms with E-state index < -0.39 is 0 Å². The monoisotopic (exact) mass is 546 g/mol. The summed E-state index contributed by atoms with van der Waals surface area (Å²) >= 11 is 6.42. The minimum Gasteiger partial charge on any atom is -0.487 e. The van der Waals surface area contributed by atoms with Crippen molar-refractivity contribution in [3.8, 4) is 5.75 Å². The van der Waals surface area contributed by atoms with E-state index >= 15 is 0 Å². The maximum absolute atomic E-state index is 13.4. The molecule has 1 saturated heterocycles. The van der Waals surface area contributed by atoms with Crippen LogP contribution in [0.4, 0.5) is 27.3 Å². The van der Waals surface area contributed by atoms with Crippen LogP contribution in [0.15, 0.2) is 79.3 Å². The van der Waals surface area contributed by atoms with Gasteiger partial charge in [-0.25, -0.2) is 14.4 Å². The topological polar surface area (TPSA) is 82.6 Å². The van der Waals surface area contributed by atoms with Gasteiger partial charge in [0.05, 0.1) is 5.02 Å². The van der Waals surface area contributed by atoms with Gasteiger partial charge in [0, 0.05) is 49.4 Å². The van der Waals surface area contributed by atoms with E-state index in [1.807, 2.05) is 24.3 Å². The summed E-state index contributed by atoms with van der Waals surface area (Å²) in [5.41, 5.74) is 3.40. The fourth-order valence-corrected chi connectivity index (χ4v) is 4.47. The molecular weight excluding hydrogens is 519 g/mol. The normalized spacial score (nSPS) is 13.7. The lowest BCUT2D eigenvalue weighted by Gasteiger charge is -2.34. The lowest BCUT2D eigenvalue weighted by molar-refractivity contribution is 0.102. The number of likely N-dealkylation sites (N-methyl/N-ethyl adjacent to an activating group) is 1. The van der Waals surface area contributed by atoms with E-state index in [0.29, 0.717) is 33.5 Å². The van der Waals surface area contributed by atoms with Crippen molar-refractivity contribution in [2.45, 2.75) is 6.61 Å². The van der Waals surface area contributed by atoms with Crippen LogP contribution in [0.25, 0.3) is 0 Å². The third kappa shape index (κ3) is 6.81. The number of hydrogen-bond donors (Lipinski definition) is 2. The first-order valence-corrected chi connectivity index (χ1v) is 12.9. The minimum atomic E-state index is -0.341. The van der Waals surface area contributed by atoms with Crippen LogP contribution in [0.5, 0.6) is 5.75 Å². The Kier molecular flexibility index (Phi) is 8.19. The Labute approximate surface area is 231 Å². The molecule has 0 radical (unpaired) electrons. The van der Waals surface area contributed by atoms with Gasteiger partial charge in [0.1, 0.15) is 35.9 Å². The molecule has 200 valence electrons. The quantitative estimate of drug-likeness (QED) is 0.298. The molecule has 0 bridgehead atoms. The summed E-state index contributed by atoms with van der Waals surface area (Å²) in [5, 5.41) is 6.41. The van der Waals surface area contributed by atoms with Crippen molar-refractivity contribution in [1.82, 2.24) is 14.9 Å². The molecule has 39 heavy (non-hydrogen) atoms. The molecule has 0 spiro atoms. The number of amides is 1. The number of carbonyl (C=O) groups is 1. The largest absolute Gasteiger partial charge is 0.487 e. The molecule has 0 saturated carbocycles. The molecule has 0 aliphatic carbocycles. The van der Waals surface area contributed by atoms with Gasteiger partial charge in [0.2, 0.25) is 0 Å². The van der Waals surface area contributed by atoms with Crippen LogP contribution in [0.1, 0.15) is 15.9 Å². The number of benzene rings is 3. The van der Waals surface area contributed by atoms with Crippen LogP contribution in [0, 0.1) is 5.82 Å². The van der Waals surface area contributed by atoms with E-state index in [1.54, 1.807) is 30.3 Å². The number of nitrogens with one attached hydrogen (secondary N) is 2. The van der Waals surface area contributed by atoms with E-state index in [2.05, 4.69) is 37.4 Å². The average Bonchev–Trinajstić information content (AvgIpc) is 2.94. The number of aromatic nitrogens is 2. The highest BCUT2D eigenvalue weighted by molar-refractivity contribution is 6.32. The molecule has 1 amide bonds. The lowest BCUT2D eigenvalue weighted by atomic mass is 10.2. The molecule has 1 fully saturated rings. The first-order chi connectivity index (χ1) is 18.9. The van der Waals surface area contributed by atoms with Crippen LogP contribution in [-0.4, -0.2) is 54.0 Å². The van der Waals surface area contributed by atoms with E-state index in [9.17, 15) is 9.18 Å². The van der Waals surface area contributed by atoms with E-state index in [4.69, 9.17) is 16.3 Å². The van der Waals surface area contributed by atoms with E-state index in [0.717, 1.165) is 31.9 Å². The molecular formula is C29H28ClFN6O2. The van der Waals surface area contributed by atoms with Gasteiger partial charge in [0.15, 0.2) is 0 Å². The summed E-state index contributed by atoms with van der Waals surface area (Å²) in [6.45, 7) is 4.18. The van der Waals surface area contributed by atoms with Crippen LogP contribution in [0.3, 0.4) is 0 Å². The first kappa shape index (κ1) is 26.4. The molecule has 3 aromatic carbocycles.